The quantitative estimate of drug-likeness (QED) is 0.774. The minimum atomic E-state index is -3.94. The minimum Gasteiger partial charge on any atom is -0.481 e. The highest BCUT2D eigenvalue weighted by Gasteiger charge is 2.26. The van der Waals surface area contributed by atoms with E-state index >= 15 is 0 Å². The molecular formula is C18H16FNO4S. The molecule has 1 heterocycles. The number of halogens is 1. The van der Waals surface area contributed by atoms with Gasteiger partial charge in [0.05, 0.1) is 16.8 Å². The first-order chi connectivity index (χ1) is 11.7. The van der Waals surface area contributed by atoms with Gasteiger partial charge in [0.2, 0.25) is 0 Å². The van der Waals surface area contributed by atoms with E-state index in [4.69, 9.17) is 5.11 Å². The fraction of sp³-hybridized carbons (Fsp3) is 0.167. The van der Waals surface area contributed by atoms with Crippen molar-refractivity contribution in [3.63, 3.8) is 0 Å². The van der Waals surface area contributed by atoms with Crippen molar-refractivity contribution in [3.8, 4) is 0 Å². The molecule has 0 unspecified atom stereocenters. The van der Waals surface area contributed by atoms with E-state index in [1.54, 1.807) is 12.1 Å². The fourth-order valence-electron chi connectivity index (χ4n) is 2.92. The average Bonchev–Trinajstić information content (AvgIpc) is 2.80. The summed E-state index contributed by atoms with van der Waals surface area (Å²) in [5.41, 5.74) is 1.73. The van der Waals surface area contributed by atoms with Crippen LogP contribution in [0.1, 0.15) is 16.8 Å². The maximum Gasteiger partial charge on any atom is 0.307 e. The third-order valence-electron chi connectivity index (χ3n) is 4.13. The van der Waals surface area contributed by atoms with Crippen molar-refractivity contribution in [2.75, 3.05) is 0 Å². The van der Waals surface area contributed by atoms with Crippen LogP contribution < -0.4 is 0 Å². The van der Waals surface area contributed by atoms with Crippen LogP contribution in [-0.2, 0) is 21.2 Å². The van der Waals surface area contributed by atoms with Gasteiger partial charge in [-0.05, 0) is 49.7 Å². The van der Waals surface area contributed by atoms with Crippen molar-refractivity contribution in [1.29, 1.82) is 0 Å². The van der Waals surface area contributed by atoms with Crippen molar-refractivity contribution in [2.24, 2.45) is 0 Å². The lowest BCUT2D eigenvalue weighted by molar-refractivity contribution is -0.136. The van der Waals surface area contributed by atoms with Crippen LogP contribution >= 0.6 is 0 Å². The molecule has 0 radical (unpaired) electrons. The van der Waals surface area contributed by atoms with Crippen molar-refractivity contribution in [3.05, 3.63) is 65.1 Å². The van der Waals surface area contributed by atoms with Gasteiger partial charge in [-0.1, -0.05) is 17.7 Å². The van der Waals surface area contributed by atoms with E-state index in [0.717, 1.165) is 15.6 Å². The van der Waals surface area contributed by atoms with E-state index in [-0.39, 0.29) is 33.5 Å². The smallest absolute Gasteiger partial charge is 0.307 e. The maximum atomic E-state index is 13.7. The van der Waals surface area contributed by atoms with Crippen molar-refractivity contribution in [1.82, 2.24) is 3.97 Å². The summed E-state index contributed by atoms with van der Waals surface area (Å²) in [4.78, 5) is 11.3. The fourth-order valence-corrected chi connectivity index (χ4v) is 4.50. The van der Waals surface area contributed by atoms with E-state index in [2.05, 4.69) is 0 Å². The predicted octanol–water partition coefficient (Wildman–Crippen LogP) is 3.26. The van der Waals surface area contributed by atoms with Gasteiger partial charge in [-0.15, -0.1) is 0 Å². The topological polar surface area (TPSA) is 76.4 Å². The lowest BCUT2D eigenvalue weighted by Crippen LogP contribution is -2.15. The molecule has 0 aliphatic heterocycles. The number of benzene rings is 2. The summed E-state index contributed by atoms with van der Waals surface area (Å²) in [6, 6.07) is 10.0. The van der Waals surface area contributed by atoms with Crippen LogP contribution in [-0.4, -0.2) is 23.5 Å². The molecule has 3 aromatic rings. The number of rotatable bonds is 4. The van der Waals surface area contributed by atoms with Gasteiger partial charge < -0.3 is 5.11 Å². The molecule has 2 aromatic carbocycles. The van der Waals surface area contributed by atoms with E-state index in [9.17, 15) is 17.6 Å². The summed E-state index contributed by atoms with van der Waals surface area (Å²) >= 11 is 0. The van der Waals surface area contributed by atoms with Gasteiger partial charge in [0.1, 0.15) is 5.82 Å². The Labute approximate surface area is 144 Å². The molecule has 0 aliphatic carbocycles. The molecule has 5 nitrogen and oxygen atoms in total. The summed E-state index contributed by atoms with van der Waals surface area (Å²) in [6.45, 7) is 3.38. The van der Waals surface area contributed by atoms with E-state index < -0.39 is 21.8 Å². The zero-order chi connectivity index (χ0) is 18.4. The number of aromatic nitrogens is 1. The lowest BCUT2D eigenvalue weighted by atomic mass is 10.1. The Hall–Kier alpha value is -2.67. The van der Waals surface area contributed by atoms with Gasteiger partial charge in [-0.3, -0.25) is 4.79 Å². The van der Waals surface area contributed by atoms with Crippen LogP contribution in [0.4, 0.5) is 4.39 Å². The normalized spacial score (nSPS) is 11.8. The maximum absolute atomic E-state index is 13.7. The van der Waals surface area contributed by atoms with Crippen LogP contribution in [0.2, 0.25) is 0 Å². The molecule has 0 aliphatic rings. The molecule has 0 atom stereocenters. The number of carboxylic acids is 1. The first kappa shape index (κ1) is 17.2. The Bertz CT molecular complexity index is 1080. The molecular weight excluding hydrogens is 345 g/mol. The largest absolute Gasteiger partial charge is 0.481 e. The number of aryl methyl sites for hydroxylation is 1. The summed E-state index contributed by atoms with van der Waals surface area (Å²) in [7, 11) is -3.94. The van der Waals surface area contributed by atoms with Crippen LogP contribution in [0.5, 0.6) is 0 Å². The molecule has 1 aromatic heterocycles. The average molecular weight is 361 g/mol. The third-order valence-corrected chi connectivity index (χ3v) is 5.95. The summed E-state index contributed by atoms with van der Waals surface area (Å²) in [5.74, 6) is -1.66. The number of carboxylic acid groups (broad SMARTS) is 1. The molecule has 0 amide bonds. The molecule has 0 spiro atoms. The van der Waals surface area contributed by atoms with Crippen LogP contribution in [0.3, 0.4) is 0 Å². The van der Waals surface area contributed by atoms with Gasteiger partial charge in [0, 0.05) is 11.1 Å². The van der Waals surface area contributed by atoms with E-state index in [1.165, 1.54) is 31.2 Å². The zero-order valence-electron chi connectivity index (χ0n) is 13.7. The molecule has 0 saturated carbocycles. The Kier molecular flexibility index (Phi) is 4.12. The highest BCUT2D eigenvalue weighted by atomic mass is 32.2. The zero-order valence-corrected chi connectivity index (χ0v) is 14.5. The SMILES string of the molecule is Cc1ccc(S(=O)(=O)n2c(C)c(CC(=O)O)c3cc(F)ccc32)cc1. The van der Waals surface area contributed by atoms with Crippen molar-refractivity contribution < 1.29 is 22.7 Å². The van der Waals surface area contributed by atoms with Gasteiger partial charge in [-0.25, -0.2) is 16.8 Å². The van der Waals surface area contributed by atoms with Gasteiger partial charge in [0.25, 0.3) is 10.0 Å². The monoisotopic (exact) mass is 361 g/mol. The molecule has 3 rings (SSSR count). The molecule has 0 fully saturated rings. The second kappa shape index (κ2) is 6.00. The molecule has 0 saturated heterocycles. The van der Waals surface area contributed by atoms with Crippen molar-refractivity contribution >= 4 is 26.9 Å². The summed E-state index contributed by atoms with van der Waals surface area (Å²) in [6.07, 6.45) is -0.387. The standard InChI is InChI=1S/C18H16FNO4S/c1-11-3-6-14(7-4-11)25(23,24)20-12(2)15(10-18(21)22)16-9-13(19)5-8-17(16)20/h3-9H,10H2,1-2H3,(H,21,22). The van der Waals surface area contributed by atoms with Gasteiger partial charge in [0.15, 0.2) is 0 Å². The van der Waals surface area contributed by atoms with Crippen LogP contribution in [0.25, 0.3) is 10.9 Å². The Morgan fingerprint density at radius 3 is 2.36 bits per heavy atom. The van der Waals surface area contributed by atoms with E-state index in [0.29, 0.717) is 0 Å². The second-order valence-corrected chi connectivity index (χ2v) is 7.67. The van der Waals surface area contributed by atoms with Crippen molar-refractivity contribution in [2.45, 2.75) is 25.2 Å². The Balaban J connectivity index is 2.34. The van der Waals surface area contributed by atoms with Crippen LogP contribution in [0.15, 0.2) is 47.4 Å². The molecule has 130 valence electrons. The number of hydrogen-bond acceptors (Lipinski definition) is 3. The minimum absolute atomic E-state index is 0.0873. The number of hydrogen-bond donors (Lipinski definition) is 1. The first-order valence-corrected chi connectivity index (χ1v) is 8.99. The third kappa shape index (κ3) is 2.91. The first-order valence-electron chi connectivity index (χ1n) is 7.55. The Morgan fingerprint density at radius 1 is 1.12 bits per heavy atom. The van der Waals surface area contributed by atoms with Crippen LogP contribution in [0, 0.1) is 19.7 Å². The summed E-state index contributed by atoms with van der Waals surface area (Å²) < 4.78 is 40.9. The second-order valence-electron chi connectivity index (χ2n) is 5.88. The number of carbonyl (C=O) groups is 1. The van der Waals surface area contributed by atoms with Gasteiger partial charge in [-0.2, -0.15) is 0 Å². The number of fused-ring (bicyclic) bond motifs is 1. The highest BCUT2D eigenvalue weighted by Crippen LogP contribution is 2.31. The molecule has 0 bridgehead atoms. The number of aliphatic carboxylic acids is 1. The Morgan fingerprint density at radius 2 is 1.76 bits per heavy atom. The predicted molar refractivity (Wildman–Crippen MR) is 91.7 cm³/mol. The highest BCUT2D eigenvalue weighted by molar-refractivity contribution is 7.90. The molecule has 25 heavy (non-hydrogen) atoms. The number of nitrogens with zero attached hydrogens (tertiary/aromatic N) is 1. The lowest BCUT2D eigenvalue weighted by Gasteiger charge is -2.10. The molecule has 1 N–H and O–H groups in total. The van der Waals surface area contributed by atoms with Gasteiger partial charge >= 0.3 is 5.97 Å². The summed E-state index contributed by atoms with van der Waals surface area (Å²) in [5, 5.41) is 9.41. The van der Waals surface area contributed by atoms with E-state index in [1.807, 2.05) is 6.92 Å². The molecule has 7 heteroatoms.